The maximum absolute atomic E-state index is 6.44. The second-order valence-corrected chi connectivity index (χ2v) is 6.25. The Hall–Kier alpha value is -0.730. The normalized spacial score (nSPS) is 23.6. The van der Waals surface area contributed by atoms with Gasteiger partial charge < -0.3 is 10.1 Å². The van der Waals surface area contributed by atoms with E-state index in [1.54, 1.807) is 7.11 Å². The van der Waals surface area contributed by atoms with Crippen molar-refractivity contribution in [3.8, 4) is 5.75 Å². The van der Waals surface area contributed by atoms with Gasteiger partial charge in [-0.1, -0.05) is 31.5 Å². The summed E-state index contributed by atoms with van der Waals surface area (Å²) in [7, 11) is 1.73. The highest BCUT2D eigenvalue weighted by molar-refractivity contribution is 6.31. The van der Waals surface area contributed by atoms with Crippen LogP contribution in [0.5, 0.6) is 5.75 Å². The Bertz CT molecular complexity index is 419. The number of piperidine rings is 1. The molecule has 1 aromatic carbocycles. The first kappa shape index (κ1) is 14.7. The summed E-state index contributed by atoms with van der Waals surface area (Å²) in [5.74, 6) is 2.80. The third kappa shape index (κ3) is 3.43. The zero-order valence-electron chi connectivity index (χ0n) is 12.1. The molecule has 0 aromatic heterocycles. The van der Waals surface area contributed by atoms with Gasteiger partial charge in [-0.25, -0.2) is 0 Å². The van der Waals surface area contributed by atoms with Crippen LogP contribution >= 0.6 is 11.6 Å². The first-order chi connectivity index (χ1) is 9.13. The van der Waals surface area contributed by atoms with Crippen molar-refractivity contribution in [1.29, 1.82) is 0 Å². The predicted molar refractivity (Wildman–Crippen MR) is 81.2 cm³/mol. The van der Waals surface area contributed by atoms with Gasteiger partial charge in [0.25, 0.3) is 0 Å². The molecule has 1 N–H and O–H groups in total. The van der Waals surface area contributed by atoms with Crippen LogP contribution in [0, 0.1) is 11.8 Å². The highest BCUT2D eigenvalue weighted by atomic mass is 35.5. The summed E-state index contributed by atoms with van der Waals surface area (Å²) in [4.78, 5) is 0. The van der Waals surface area contributed by atoms with E-state index in [4.69, 9.17) is 16.3 Å². The van der Waals surface area contributed by atoms with Gasteiger partial charge in [-0.3, -0.25) is 0 Å². The molecule has 106 valence electrons. The minimum absolute atomic E-state index is 0.507. The van der Waals surface area contributed by atoms with Gasteiger partial charge in [-0.2, -0.15) is 0 Å². The zero-order chi connectivity index (χ0) is 13.8. The lowest BCUT2D eigenvalue weighted by atomic mass is 9.77. The fraction of sp³-hybridized carbons (Fsp3) is 0.625. The van der Waals surface area contributed by atoms with Gasteiger partial charge in [0.05, 0.1) is 7.11 Å². The summed E-state index contributed by atoms with van der Waals surface area (Å²) < 4.78 is 5.53. The summed E-state index contributed by atoms with van der Waals surface area (Å²) >= 11 is 6.44. The SMILES string of the molecule is COc1cccc(Cl)c1C1CCNCC1CC(C)C. The van der Waals surface area contributed by atoms with E-state index in [9.17, 15) is 0 Å². The van der Waals surface area contributed by atoms with Crippen LogP contribution < -0.4 is 10.1 Å². The second-order valence-electron chi connectivity index (χ2n) is 5.84. The van der Waals surface area contributed by atoms with Crippen LogP contribution in [0.25, 0.3) is 0 Å². The van der Waals surface area contributed by atoms with Crippen molar-refractivity contribution >= 4 is 11.6 Å². The molecular weight excluding hydrogens is 258 g/mol. The molecule has 1 fully saturated rings. The largest absolute Gasteiger partial charge is 0.496 e. The summed E-state index contributed by atoms with van der Waals surface area (Å²) in [5, 5.41) is 4.36. The average molecular weight is 282 g/mol. The Morgan fingerprint density at radius 1 is 1.42 bits per heavy atom. The van der Waals surface area contributed by atoms with Gasteiger partial charge in [0.15, 0.2) is 0 Å². The van der Waals surface area contributed by atoms with E-state index in [-0.39, 0.29) is 0 Å². The molecule has 3 heteroatoms. The Kier molecular flexibility index (Phi) is 5.12. The number of methoxy groups -OCH3 is 1. The third-order valence-corrected chi connectivity index (χ3v) is 4.32. The van der Waals surface area contributed by atoms with Crippen LogP contribution in [0.3, 0.4) is 0 Å². The fourth-order valence-corrected chi connectivity index (χ4v) is 3.52. The molecule has 1 saturated heterocycles. The highest BCUT2D eigenvalue weighted by Crippen LogP contribution is 2.42. The number of rotatable bonds is 4. The lowest BCUT2D eigenvalue weighted by Gasteiger charge is -2.34. The van der Waals surface area contributed by atoms with Crippen molar-refractivity contribution in [3.05, 3.63) is 28.8 Å². The van der Waals surface area contributed by atoms with Crippen LogP contribution in [0.4, 0.5) is 0 Å². The molecule has 1 heterocycles. The van der Waals surface area contributed by atoms with Gasteiger partial charge in [0.1, 0.15) is 5.75 Å². The third-order valence-electron chi connectivity index (χ3n) is 3.99. The van der Waals surface area contributed by atoms with Crippen molar-refractivity contribution in [3.63, 3.8) is 0 Å². The zero-order valence-corrected chi connectivity index (χ0v) is 12.8. The van der Waals surface area contributed by atoms with Crippen molar-refractivity contribution in [2.75, 3.05) is 20.2 Å². The number of ether oxygens (including phenoxy) is 1. The van der Waals surface area contributed by atoms with Crippen LogP contribution in [-0.2, 0) is 0 Å². The minimum Gasteiger partial charge on any atom is -0.496 e. The van der Waals surface area contributed by atoms with E-state index in [1.165, 1.54) is 12.0 Å². The standard InChI is InChI=1S/C16H24ClNO/c1-11(2)9-12-10-18-8-7-13(12)16-14(17)5-4-6-15(16)19-3/h4-6,11-13,18H,7-10H2,1-3H3. The van der Waals surface area contributed by atoms with Gasteiger partial charge in [0, 0.05) is 10.6 Å². The second kappa shape index (κ2) is 6.62. The molecule has 19 heavy (non-hydrogen) atoms. The molecule has 0 aliphatic carbocycles. The van der Waals surface area contributed by atoms with Crippen LogP contribution in [0.2, 0.25) is 5.02 Å². The van der Waals surface area contributed by atoms with Gasteiger partial charge in [-0.05, 0) is 55.8 Å². The predicted octanol–water partition coefficient (Wildman–Crippen LogP) is 4.09. The van der Waals surface area contributed by atoms with Crippen molar-refractivity contribution in [2.24, 2.45) is 11.8 Å². The van der Waals surface area contributed by atoms with Gasteiger partial charge in [0.2, 0.25) is 0 Å². The Morgan fingerprint density at radius 2 is 2.21 bits per heavy atom. The van der Waals surface area contributed by atoms with Gasteiger partial charge in [-0.15, -0.1) is 0 Å². The van der Waals surface area contributed by atoms with Crippen LogP contribution in [0.15, 0.2) is 18.2 Å². The van der Waals surface area contributed by atoms with E-state index in [0.717, 1.165) is 30.3 Å². The lowest BCUT2D eigenvalue weighted by Crippen LogP contribution is -2.36. The molecular formula is C16H24ClNO. The molecule has 1 aromatic rings. The summed E-state index contributed by atoms with van der Waals surface area (Å²) in [6, 6.07) is 5.97. The molecule has 0 amide bonds. The molecule has 0 saturated carbocycles. The fourth-order valence-electron chi connectivity index (χ4n) is 3.21. The maximum Gasteiger partial charge on any atom is 0.123 e. The highest BCUT2D eigenvalue weighted by Gasteiger charge is 2.30. The Morgan fingerprint density at radius 3 is 2.89 bits per heavy atom. The summed E-state index contributed by atoms with van der Waals surface area (Å²) in [6.45, 7) is 6.72. The Labute approximate surface area is 121 Å². The van der Waals surface area contributed by atoms with E-state index >= 15 is 0 Å². The first-order valence-corrected chi connectivity index (χ1v) is 7.54. The van der Waals surface area contributed by atoms with E-state index < -0.39 is 0 Å². The number of halogens is 1. The molecule has 2 atom stereocenters. The van der Waals surface area contributed by atoms with E-state index in [2.05, 4.69) is 19.2 Å². The maximum atomic E-state index is 6.44. The smallest absolute Gasteiger partial charge is 0.123 e. The quantitative estimate of drug-likeness (QED) is 0.898. The number of hydrogen-bond acceptors (Lipinski definition) is 2. The summed E-state index contributed by atoms with van der Waals surface area (Å²) in [5.41, 5.74) is 1.21. The molecule has 0 spiro atoms. The molecule has 1 aliphatic rings. The molecule has 2 unspecified atom stereocenters. The summed E-state index contributed by atoms with van der Waals surface area (Å²) in [6.07, 6.45) is 2.36. The van der Waals surface area contributed by atoms with E-state index in [1.807, 2.05) is 18.2 Å². The molecule has 0 bridgehead atoms. The van der Waals surface area contributed by atoms with E-state index in [0.29, 0.717) is 17.8 Å². The topological polar surface area (TPSA) is 21.3 Å². The number of benzene rings is 1. The number of hydrogen-bond donors (Lipinski definition) is 1. The molecule has 2 rings (SSSR count). The lowest BCUT2D eigenvalue weighted by molar-refractivity contribution is 0.274. The molecule has 1 aliphatic heterocycles. The van der Waals surface area contributed by atoms with Gasteiger partial charge >= 0.3 is 0 Å². The van der Waals surface area contributed by atoms with Crippen LogP contribution in [0.1, 0.15) is 38.2 Å². The first-order valence-electron chi connectivity index (χ1n) is 7.16. The van der Waals surface area contributed by atoms with Crippen molar-refractivity contribution < 1.29 is 4.74 Å². The van der Waals surface area contributed by atoms with Crippen LogP contribution in [-0.4, -0.2) is 20.2 Å². The minimum atomic E-state index is 0.507. The Balaban J connectivity index is 2.31. The monoisotopic (exact) mass is 281 g/mol. The average Bonchev–Trinajstić information content (AvgIpc) is 2.39. The van der Waals surface area contributed by atoms with Crippen molar-refractivity contribution in [1.82, 2.24) is 5.32 Å². The van der Waals surface area contributed by atoms with Crippen molar-refractivity contribution in [2.45, 2.75) is 32.6 Å². The molecule has 0 radical (unpaired) electrons. The number of nitrogens with one attached hydrogen (secondary N) is 1. The molecule has 2 nitrogen and oxygen atoms in total.